The van der Waals surface area contributed by atoms with Crippen molar-refractivity contribution in [3.8, 4) is 0 Å². The fourth-order valence-corrected chi connectivity index (χ4v) is 2.38. The third-order valence-corrected chi connectivity index (χ3v) is 3.71. The summed E-state index contributed by atoms with van der Waals surface area (Å²) in [6, 6.07) is 0.687. The van der Waals surface area contributed by atoms with Crippen molar-refractivity contribution in [3.63, 3.8) is 0 Å². The van der Waals surface area contributed by atoms with Crippen LogP contribution in [0.1, 0.15) is 30.4 Å². The van der Waals surface area contributed by atoms with Crippen LogP contribution in [0.15, 0.2) is 10.8 Å². The highest BCUT2D eigenvalue weighted by molar-refractivity contribution is 7.08. The number of aryl methyl sites for hydroxylation is 1. The molecule has 1 fully saturated rings. The highest BCUT2D eigenvalue weighted by Gasteiger charge is 2.19. The molecule has 3 nitrogen and oxygen atoms in total. The number of thiophene rings is 1. The lowest BCUT2D eigenvalue weighted by Crippen LogP contribution is -2.28. The Labute approximate surface area is 100 Å². The molecule has 1 aliphatic carbocycles. The number of rotatable bonds is 6. The molecule has 16 heavy (non-hydrogen) atoms. The monoisotopic (exact) mass is 238 g/mol. The Morgan fingerprint density at radius 2 is 2.31 bits per heavy atom. The Morgan fingerprint density at radius 3 is 2.94 bits per heavy atom. The summed E-state index contributed by atoms with van der Waals surface area (Å²) in [5.74, 6) is 0.138. The van der Waals surface area contributed by atoms with Crippen LogP contribution in [0.2, 0.25) is 0 Å². The van der Waals surface area contributed by atoms with Gasteiger partial charge in [0.1, 0.15) is 0 Å². The Hall–Kier alpha value is -0.870. The quantitative estimate of drug-likeness (QED) is 0.793. The molecule has 0 aliphatic heterocycles. The lowest BCUT2D eigenvalue weighted by Gasteiger charge is -2.05. The van der Waals surface area contributed by atoms with Crippen LogP contribution >= 0.6 is 11.3 Å². The van der Waals surface area contributed by atoms with Gasteiger partial charge in [-0.25, -0.2) is 0 Å². The Balaban J connectivity index is 1.61. The van der Waals surface area contributed by atoms with Gasteiger partial charge in [0.2, 0.25) is 5.91 Å². The van der Waals surface area contributed by atoms with E-state index in [0.29, 0.717) is 19.0 Å². The molecule has 2 rings (SSSR count). The van der Waals surface area contributed by atoms with Crippen molar-refractivity contribution >= 4 is 17.2 Å². The molecule has 1 aromatic rings. The minimum Gasteiger partial charge on any atom is -0.352 e. The zero-order valence-corrected chi connectivity index (χ0v) is 10.4. The van der Waals surface area contributed by atoms with E-state index in [0.717, 1.165) is 6.54 Å². The summed E-state index contributed by atoms with van der Waals surface area (Å²) in [6.07, 6.45) is 3.13. The molecule has 2 N–H and O–H groups in total. The van der Waals surface area contributed by atoms with E-state index in [1.807, 2.05) is 0 Å². The smallest absolute Gasteiger partial charge is 0.221 e. The van der Waals surface area contributed by atoms with E-state index in [1.165, 1.54) is 24.0 Å². The Morgan fingerprint density at radius 1 is 1.50 bits per heavy atom. The van der Waals surface area contributed by atoms with E-state index in [1.54, 1.807) is 11.3 Å². The number of hydrogen-bond donors (Lipinski definition) is 2. The minimum atomic E-state index is 0.138. The largest absolute Gasteiger partial charge is 0.352 e. The summed E-state index contributed by atoms with van der Waals surface area (Å²) in [5.41, 5.74) is 2.50. The lowest BCUT2D eigenvalue weighted by molar-refractivity contribution is -0.121. The number of hydrogen-bond acceptors (Lipinski definition) is 3. The van der Waals surface area contributed by atoms with Gasteiger partial charge in [0.15, 0.2) is 0 Å². The minimum absolute atomic E-state index is 0.138. The molecule has 1 heterocycles. The highest BCUT2D eigenvalue weighted by atomic mass is 32.1. The van der Waals surface area contributed by atoms with Gasteiger partial charge in [0, 0.05) is 25.6 Å². The molecular formula is C12H18N2OS. The van der Waals surface area contributed by atoms with Crippen LogP contribution in [0.25, 0.3) is 0 Å². The molecular weight excluding hydrogens is 220 g/mol. The number of carbonyl (C=O) groups excluding carboxylic acids is 1. The van der Waals surface area contributed by atoms with E-state index < -0.39 is 0 Å². The van der Waals surface area contributed by atoms with E-state index in [4.69, 9.17) is 0 Å². The third-order valence-electron chi connectivity index (χ3n) is 2.80. The summed E-state index contributed by atoms with van der Waals surface area (Å²) < 4.78 is 0. The van der Waals surface area contributed by atoms with Crippen molar-refractivity contribution in [3.05, 3.63) is 21.9 Å². The topological polar surface area (TPSA) is 41.1 Å². The molecule has 0 bridgehead atoms. The normalized spacial score (nSPS) is 15.1. The summed E-state index contributed by atoms with van der Waals surface area (Å²) in [6.45, 7) is 3.54. The Kier molecular flexibility index (Phi) is 3.96. The van der Waals surface area contributed by atoms with Crippen LogP contribution in [0.3, 0.4) is 0 Å². The first kappa shape index (κ1) is 11.6. The van der Waals surface area contributed by atoms with E-state index >= 15 is 0 Å². The van der Waals surface area contributed by atoms with Crippen molar-refractivity contribution in [2.24, 2.45) is 0 Å². The fraction of sp³-hybridized carbons (Fsp3) is 0.583. The van der Waals surface area contributed by atoms with Crippen LogP contribution in [0.4, 0.5) is 0 Å². The average molecular weight is 238 g/mol. The molecule has 4 heteroatoms. The third kappa shape index (κ3) is 3.61. The first-order chi connectivity index (χ1) is 7.75. The van der Waals surface area contributed by atoms with Gasteiger partial charge in [0.05, 0.1) is 0 Å². The summed E-state index contributed by atoms with van der Waals surface area (Å²) in [4.78, 5) is 11.5. The van der Waals surface area contributed by atoms with E-state index in [-0.39, 0.29) is 5.91 Å². The SMILES string of the molecule is Cc1cscc1CNC(=O)CCNC1CC1. The molecule has 0 aromatic carbocycles. The maximum absolute atomic E-state index is 11.5. The predicted molar refractivity (Wildman–Crippen MR) is 66.5 cm³/mol. The van der Waals surface area contributed by atoms with Gasteiger partial charge in [-0.3, -0.25) is 4.79 Å². The molecule has 1 amide bonds. The van der Waals surface area contributed by atoms with Gasteiger partial charge in [0.25, 0.3) is 0 Å². The lowest BCUT2D eigenvalue weighted by atomic mass is 10.2. The maximum Gasteiger partial charge on any atom is 0.221 e. The van der Waals surface area contributed by atoms with Crippen LogP contribution in [-0.4, -0.2) is 18.5 Å². The number of nitrogens with one attached hydrogen (secondary N) is 2. The van der Waals surface area contributed by atoms with E-state index in [2.05, 4.69) is 28.3 Å². The zero-order valence-electron chi connectivity index (χ0n) is 9.58. The summed E-state index contributed by atoms with van der Waals surface area (Å²) >= 11 is 1.68. The second kappa shape index (κ2) is 5.46. The van der Waals surface area contributed by atoms with E-state index in [9.17, 15) is 4.79 Å². The van der Waals surface area contributed by atoms with Crippen molar-refractivity contribution in [1.82, 2.24) is 10.6 Å². The van der Waals surface area contributed by atoms with Gasteiger partial charge < -0.3 is 10.6 Å². The molecule has 0 spiro atoms. The van der Waals surface area contributed by atoms with Crippen LogP contribution < -0.4 is 10.6 Å². The standard InChI is InChI=1S/C12H18N2OS/c1-9-7-16-8-10(9)6-14-12(15)4-5-13-11-2-3-11/h7-8,11,13H,2-6H2,1H3,(H,14,15). The zero-order chi connectivity index (χ0) is 11.4. The van der Waals surface area contributed by atoms with Crippen LogP contribution in [0, 0.1) is 6.92 Å². The second-order valence-corrected chi connectivity index (χ2v) is 5.08. The van der Waals surface area contributed by atoms with Gasteiger partial charge >= 0.3 is 0 Å². The molecule has 0 atom stereocenters. The van der Waals surface area contributed by atoms with Crippen LogP contribution in [-0.2, 0) is 11.3 Å². The van der Waals surface area contributed by atoms with Gasteiger partial charge in [-0.15, -0.1) is 0 Å². The fourth-order valence-electron chi connectivity index (χ4n) is 1.53. The van der Waals surface area contributed by atoms with Gasteiger partial charge in [-0.05, 0) is 41.7 Å². The molecule has 0 unspecified atom stereocenters. The molecule has 0 radical (unpaired) electrons. The average Bonchev–Trinajstić information content (AvgIpc) is 2.99. The first-order valence-electron chi connectivity index (χ1n) is 5.77. The van der Waals surface area contributed by atoms with Crippen LogP contribution in [0.5, 0.6) is 0 Å². The molecule has 1 aliphatic rings. The summed E-state index contributed by atoms with van der Waals surface area (Å²) in [7, 11) is 0. The predicted octanol–water partition coefficient (Wildman–Crippen LogP) is 1.81. The molecule has 0 saturated heterocycles. The van der Waals surface area contributed by atoms with Crippen molar-refractivity contribution < 1.29 is 4.79 Å². The molecule has 1 saturated carbocycles. The highest BCUT2D eigenvalue weighted by Crippen LogP contribution is 2.18. The molecule has 88 valence electrons. The second-order valence-electron chi connectivity index (χ2n) is 4.34. The summed E-state index contributed by atoms with van der Waals surface area (Å²) in [5, 5.41) is 10.5. The maximum atomic E-state index is 11.5. The van der Waals surface area contributed by atoms with Gasteiger partial charge in [-0.1, -0.05) is 0 Å². The van der Waals surface area contributed by atoms with Gasteiger partial charge in [-0.2, -0.15) is 11.3 Å². The molecule has 1 aromatic heterocycles. The van der Waals surface area contributed by atoms with Crippen molar-refractivity contribution in [1.29, 1.82) is 0 Å². The first-order valence-corrected chi connectivity index (χ1v) is 6.72. The number of carbonyl (C=O) groups is 1. The number of amides is 1. The van der Waals surface area contributed by atoms with Crippen molar-refractivity contribution in [2.75, 3.05) is 6.54 Å². The van der Waals surface area contributed by atoms with Crippen molar-refractivity contribution in [2.45, 2.75) is 38.8 Å². The Bertz CT molecular complexity index is 358.